The molecule has 1 aromatic heterocycles. The summed E-state index contributed by atoms with van der Waals surface area (Å²) in [4.78, 5) is 0. The lowest BCUT2D eigenvalue weighted by Gasteiger charge is -2.00. The molecule has 1 saturated heterocycles. The number of hydrogen-bond acceptors (Lipinski definition) is 4. The van der Waals surface area contributed by atoms with Crippen molar-refractivity contribution in [2.45, 2.75) is 25.6 Å². The summed E-state index contributed by atoms with van der Waals surface area (Å²) >= 11 is 0. The minimum atomic E-state index is -0.00694. The van der Waals surface area contributed by atoms with Gasteiger partial charge in [0.1, 0.15) is 12.4 Å². The lowest BCUT2D eigenvalue weighted by molar-refractivity contribution is 0.0591. The normalized spacial score (nSPS) is 20.3. The van der Waals surface area contributed by atoms with Gasteiger partial charge in [-0.05, 0) is 25.0 Å². The third-order valence-electron chi connectivity index (χ3n) is 1.96. The van der Waals surface area contributed by atoms with Crippen LogP contribution in [0.2, 0.25) is 0 Å². The molecule has 2 heterocycles. The van der Waals surface area contributed by atoms with Gasteiger partial charge in [0.05, 0.1) is 19.0 Å². The Kier molecular flexibility index (Phi) is 5.29. The summed E-state index contributed by atoms with van der Waals surface area (Å²) in [5, 5.41) is 16.8. The molecule has 2 N–H and O–H groups in total. The minimum Gasteiger partial charge on any atom is -0.467 e. The predicted molar refractivity (Wildman–Crippen MR) is 50.7 cm³/mol. The van der Waals surface area contributed by atoms with E-state index in [0.717, 1.165) is 19.4 Å². The quantitative estimate of drug-likeness (QED) is 0.745. The van der Waals surface area contributed by atoms with Crippen LogP contribution in [0.1, 0.15) is 18.6 Å². The lowest BCUT2D eigenvalue weighted by atomic mass is 10.2. The highest BCUT2D eigenvalue weighted by Crippen LogP contribution is 2.09. The Bertz CT molecular complexity index is 214. The molecule has 0 radical (unpaired) electrons. The largest absolute Gasteiger partial charge is 0.467 e. The minimum absolute atomic E-state index is 0.00694. The highest BCUT2D eigenvalue weighted by Gasteiger charge is 2.12. The summed E-state index contributed by atoms with van der Waals surface area (Å²) in [5.74, 6) is 0.611. The predicted octanol–water partition coefficient (Wildman–Crippen LogP) is 0.930. The summed E-state index contributed by atoms with van der Waals surface area (Å²) in [7, 11) is 0. The van der Waals surface area contributed by atoms with Gasteiger partial charge in [-0.2, -0.15) is 0 Å². The number of aliphatic hydroxyl groups is 2. The van der Waals surface area contributed by atoms with Crippen LogP contribution < -0.4 is 0 Å². The highest BCUT2D eigenvalue weighted by molar-refractivity contribution is 4.95. The van der Waals surface area contributed by atoms with Crippen molar-refractivity contribution >= 4 is 0 Å². The van der Waals surface area contributed by atoms with Gasteiger partial charge in [-0.3, -0.25) is 0 Å². The molecule has 0 saturated carbocycles. The highest BCUT2D eigenvalue weighted by atomic mass is 16.5. The van der Waals surface area contributed by atoms with E-state index in [4.69, 9.17) is 19.4 Å². The second-order valence-electron chi connectivity index (χ2n) is 3.06. The van der Waals surface area contributed by atoms with Gasteiger partial charge < -0.3 is 19.4 Å². The van der Waals surface area contributed by atoms with Crippen LogP contribution in [0.5, 0.6) is 0 Å². The smallest absolute Gasteiger partial charge is 0.129 e. The second kappa shape index (κ2) is 6.59. The van der Waals surface area contributed by atoms with Crippen molar-refractivity contribution in [2.75, 3.05) is 13.2 Å². The SMILES string of the molecule is OCC1CCCO1.OCc1ccco1. The van der Waals surface area contributed by atoms with E-state index < -0.39 is 0 Å². The zero-order valence-electron chi connectivity index (χ0n) is 8.06. The fraction of sp³-hybridized carbons (Fsp3) is 0.600. The van der Waals surface area contributed by atoms with Gasteiger partial charge in [-0.1, -0.05) is 0 Å². The van der Waals surface area contributed by atoms with E-state index in [2.05, 4.69) is 0 Å². The molecule has 1 aliphatic heterocycles. The third kappa shape index (κ3) is 3.91. The first kappa shape index (κ1) is 11.2. The topological polar surface area (TPSA) is 62.8 Å². The Morgan fingerprint density at radius 3 is 2.57 bits per heavy atom. The fourth-order valence-electron chi connectivity index (χ4n) is 1.19. The van der Waals surface area contributed by atoms with Crippen LogP contribution >= 0.6 is 0 Å². The van der Waals surface area contributed by atoms with E-state index in [-0.39, 0.29) is 19.3 Å². The van der Waals surface area contributed by atoms with E-state index in [9.17, 15) is 0 Å². The Morgan fingerprint density at radius 2 is 2.29 bits per heavy atom. The van der Waals surface area contributed by atoms with Crippen molar-refractivity contribution in [2.24, 2.45) is 0 Å². The van der Waals surface area contributed by atoms with Gasteiger partial charge >= 0.3 is 0 Å². The van der Waals surface area contributed by atoms with Gasteiger partial charge in [0.25, 0.3) is 0 Å². The molecular weight excluding hydrogens is 184 g/mol. The van der Waals surface area contributed by atoms with E-state index in [1.165, 1.54) is 6.26 Å². The summed E-state index contributed by atoms with van der Waals surface area (Å²) in [6.07, 6.45) is 3.84. The van der Waals surface area contributed by atoms with E-state index in [1.807, 2.05) is 0 Å². The number of hydrogen-bond donors (Lipinski definition) is 2. The Hall–Kier alpha value is -0.840. The van der Waals surface area contributed by atoms with Crippen molar-refractivity contribution in [3.8, 4) is 0 Å². The van der Waals surface area contributed by atoms with Gasteiger partial charge in [0, 0.05) is 6.61 Å². The second-order valence-corrected chi connectivity index (χ2v) is 3.06. The molecule has 1 aliphatic rings. The first-order valence-corrected chi connectivity index (χ1v) is 4.72. The first-order chi connectivity index (χ1) is 6.86. The Labute approximate surface area is 83.1 Å². The van der Waals surface area contributed by atoms with Crippen LogP contribution in [0.3, 0.4) is 0 Å². The van der Waals surface area contributed by atoms with Gasteiger partial charge in [0.2, 0.25) is 0 Å². The zero-order chi connectivity index (χ0) is 10.2. The summed E-state index contributed by atoms with van der Waals surface area (Å²) in [5.41, 5.74) is 0. The molecule has 1 aromatic rings. The molecule has 80 valence electrons. The first-order valence-electron chi connectivity index (χ1n) is 4.72. The number of rotatable bonds is 2. The number of ether oxygens (including phenoxy) is 1. The van der Waals surface area contributed by atoms with Crippen LogP contribution in [0, 0.1) is 0 Å². The van der Waals surface area contributed by atoms with Crippen molar-refractivity contribution in [3.05, 3.63) is 24.2 Å². The van der Waals surface area contributed by atoms with Crippen LogP contribution in [-0.2, 0) is 11.3 Å². The molecule has 1 atom stereocenters. The fourth-order valence-corrected chi connectivity index (χ4v) is 1.19. The Morgan fingerprint density at radius 1 is 1.43 bits per heavy atom. The summed E-state index contributed by atoms with van der Waals surface area (Å²) in [6, 6.07) is 3.46. The van der Waals surface area contributed by atoms with E-state index in [0.29, 0.717) is 5.76 Å². The maximum atomic E-state index is 8.44. The van der Waals surface area contributed by atoms with Gasteiger partial charge in [-0.15, -0.1) is 0 Å². The molecule has 0 spiro atoms. The molecule has 14 heavy (non-hydrogen) atoms. The number of furan rings is 1. The molecular formula is C10H16O4. The molecule has 0 bridgehead atoms. The van der Waals surface area contributed by atoms with Gasteiger partial charge in [0.15, 0.2) is 0 Å². The molecule has 1 fully saturated rings. The summed E-state index contributed by atoms with van der Waals surface area (Å²) < 4.78 is 9.78. The van der Waals surface area contributed by atoms with Gasteiger partial charge in [-0.25, -0.2) is 0 Å². The average Bonchev–Trinajstić information content (AvgIpc) is 2.92. The monoisotopic (exact) mass is 200 g/mol. The number of aliphatic hydroxyl groups excluding tert-OH is 2. The zero-order valence-corrected chi connectivity index (χ0v) is 8.06. The van der Waals surface area contributed by atoms with Crippen molar-refractivity contribution < 1.29 is 19.4 Å². The van der Waals surface area contributed by atoms with Crippen LogP contribution in [0.25, 0.3) is 0 Å². The molecule has 1 unspecified atom stereocenters. The molecule has 0 aromatic carbocycles. The van der Waals surface area contributed by atoms with Crippen molar-refractivity contribution in [1.29, 1.82) is 0 Å². The average molecular weight is 200 g/mol. The maximum absolute atomic E-state index is 8.44. The molecule has 4 nitrogen and oxygen atoms in total. The van der Waals surface area contributed by atoms with Crippen LogP contribution in [-0.4, -0.2) is 29.5 Å². The van der Waals surface area contributed by atoms with Crippen LogP contribution in [0.4, 0.5) is 0 Å². The van der Waals surface area contributed by atoms with Crippen molar-refractivity contribution in [3.63, 3.8) is 0 Å². The van der Waals surface area contributed by atoms with Crippen molar-refractivity contribution in [1.82, 2.24) is 0 Å². The maximum Gasteiger partial charge on any atom is 0.129 e. The third-order valence-corrected chi connectivity index (χ3v) is 1.96. The molecule has 4 heteroatoms. The standard InChI is InChI=1S/C5H10O2.C5H6O2/c2*6-4-5-2-1-3-7-5/h5-6H,1-4H2;1-3,6H,4H2. The Balaban J connectivity index is 0.000000140. The summed E-state index contributed by atoms with van der Waals surface area (Å²) in [6.45, 7) is 1.03. The molecule has 0 amide bonds. The van der Waals surface area contributed by atoms with E-state index >= 15 is 0 Å². The molecule has 2 rings (SSSR count). The van der Waals surface area contributed by atoms with Crippen LogP contribution in [0.15, 0.2) is 22.8 Å². The molecule has 0 aliphatic carbocycles. The van der Waals surface area contributed by atoms with E-state index in [1.54, 1.807) is 12.1 Å². The lowest BCUT2D eigenvalue weighted by Crippen LogP contribution is -2.09.